The molecule has 0 atom stereocenters. The second-order valence-electron chi connectivity index (χ2n) is 5.64. The van der Waals surface area contributed by atoms with Crippen molar-refractivity contribution in [2.45, 2.75) is 25.4 Å². The first-order valence-corrected chi connectivity index (χ1v) is 7.86. The van der Waals surface area contributed by atoms with E-state index in [0.717, 1.165) is 31.5 Å². The van der Waals surface area contributed by atoms with Crippen LogP contribution in [0, 0.1) is 0 Å². The summed E-state index contributed by atoms with van der Waals surface area (Å²) in [4.78, 5) is 16.1. The maximum Gasteiger partial charge on any atom is 0.236 e. The highest BCUT2D eigenvalue weighted by Crippen LogP contribution is 2.20. The van der Waals surface area contributed by atoms with E-state index >= 15 is 0 Å². The van der Waals surface area contributed by atoms with E-state index in [0.29, 0.717) is 23.1 Å². The molecule has 2 N–H and O–H groups in total. The van der Waals surface area contributed by atoms with Crippen molar-refractivity contribution < 1.29 is 4.79 Å². The maximum atomic E-state index is 12.3. The predicted octanol–water partition coefficient (Wildman–Crippen LogP) is 2.80. The first kappa shape index (κ1) is 19.5. The number of hydrogen-bond acceptors (Lipinski definition) is 3. The summed E-state index contributed by atoms with van der Waals surface area (Å²) < 4.78 is 0. The van der Waals surface area contributed by atoms with Crippen molar-refractivity contribution in [3.63, 3.8) is 0 Å². The van der Waals surface area contributed by atoms with Crippen LogP contribution in [0.5, 0.6) is 0 Å². The normalized spacial score (nSPS) is 16.2. The molecule has 1 aliphatic heterocycles. The lowest BCUT2D eigenvalue weighted by molar-refractivity contribution is -0.131. The van der Waals surface area contributed by atoms with Gasteiger partial charge >= 0.3 is 0 Å². The molecule has 1 fully saturated rings. The standard InChI is InChI=1S/C15H21Cl2N3O.ClH/c1-19(9-11-6-12(16)8-13(17)7-11)15(21)10-20-4-2-14(18)3-5-20;/h6-8,14H,2-5,9-10,18H2,1H3;1H. The van der Waals surface area contributed by atoms with Crippen molar-refractivity contribution in [1.29, 1.82) is 0 Å². The molecule has 0 radical (unpaired) electrons. The smallest absolute Gasteiger partial charge is 0.236 e. The summed E-state index contributed by atoms with van der Waals surface area (Å²) in [7, 11) is 1.80. The Hall–Kier alpha value is -0.520. The van der Waals surface area contributed by atoms with Crippen molar-refractivity contribution in [1.82, 2.24) is 9.80 Å². The fourth-order valence-electron chi connectivity index (χ4n) is 2.49. The number of likely N-dealkylation sites (N-methyl/N-ethyl adjacent to an activating group) is 1. The van der Waals surface area contributed by atoms with Crippen LogP contribution in [0.3, 0.4) is 0 Å². The Balaban J connectivity index is 0.00000242. The van der Waals surface area contributed by atoms with Gasteiger partial charge in [-0.1, -0.05) is 23.2 Å². The van der Waals surface area contributed by atoms with E-state index in [1.807, 2.05) is 12.1 Å². The molecule has 1 aromatic rings. The molecule has 4 nitrogen and oxygen atoms in total. The third-order valence-corrected chi connectivity index (χ3v) is 4.20. The number of nitrogens with two attached hydrogens (primary N) is 1. The number of carbonyl (C=O) groups excluding carboxylic acids is 1. The molecular formula is C15H22Cl3N3O. The summed E-state index contributed by atoms with van der Waals surface area (Å²) in [6.07, 6.45) is 1.92. The van der Waals surface area contributed by atoms with E-state index in [2.05, 4.69) is 4.90 Å². The molecule has 0 aromatic heterocycles. The SMILES string of the molecule is CN(Cc1cc(Cl)cc(Cl)c1)C(=O)CN1CCC(N)CC1.Cl. The lowest BCUT2D eigenvalue weighted by Crippen LogP contribution is -2.44. The zero-order valence-corrected chi connectivity index (χ0v) is 14.9. The van der Waals surface area contributed by atoms with Crippen molar-refractivity contribution >= 4 is 41.5 Å². The molecule has 0 bridgehead atoms. The number of carbonyl (C=O) groups is 1. The van der Waals surface area contributed by atoms with Gasteiger partial charge in [-0.3, -0.25) is 9.69 Å². The molecule has 22 heavy (non-hydrogen) atoms. The van der Waals surface area contributed by atoms with Gasteiger partial charge in [0.15, 0.2) is 0 Å². The highest BCUT2D eigenvalue weighted by atomic mass is 35.5. The summed E-state index contributed by atoms with van der Waals surface area (Å²) >= 11 is 11.9. The maximum absolute atomic E-state index is 12.3. The molecule has 0 unspecified atom stereocenters. The fraction of sp³-hybridized carbons (Fsp3) is 0.533. The van der Waals surface area contributed by atoms with Crippen LogP contribution in [0.4, 0.5) is 0 Å². The van der Waals surface area contributed by atoms with Crippen LogP contribution in [0.15, 0.2) is 18.2 Å². The Kier molecular flexibility index (Phi) is 7.94. The van der Waals surface area contributed by atoms with Gasteiger partial charge in [0.25, 0.3) is 0 Å². The Morgan fingerprint density at radius 1 is 1.27 bits per heavy atom. The Labute approximate surface area is 147 Å². The van der Waals surface area contributed by atoms with Crippen LogP contribution in [0.1, 0.15) is 18.4 Å². The number of piperidine rings is 1. The van der Waals surface area contributed by atoms with Gasteiger partial charge in [-0.2, -0.15) is 0 Å². The van der Waals surface area contributed by atoms with Crippen molar-refractivity contribution in [3.8, 4) is 0 Å². The lowest BCUT2D eigenvalue weighted by Gasteiger charge is -2.30. The van der Waals surface area contributed by atoms with Crippen LogP contribution >= 0.6 is 35.6 Å². The van der Waals surface area contributed by atoms with Crippen molar-refractivity contribution in [3.05, 3.63) is 33.8 Å². The van der Waals surface area contributed by atoms with Gasteiger partial charge in [0.1, 0.15) is 0 Å². The summed E-state index contributed by atoms with van der Waals surface area (Å²) in [6.45, 7) is 2.73. The number of halogens is 3. The van der Waals surface area contributed by atoms with Crippen LogP contribution in [-0.4, -0.2) is 48.4 Å². The van der Waals surface area contributed by atoms with E-state index in [1.165, 1.54) is 0 Å². The Morgan fingerprint density at radius 2 is 1.82 bits per heavy atom. The second kappa shape index (κ2) is 8.94. The molecule has 1 saturated heterocycles. The number of benzene rings is 1. The Morgan fingerprint density at radius 3 is 2.36 bits per heavy atom. The largest absolute Gasteiger partial charge is 0.340 e. The van der Waals surface area contributed by atoms with Gasteiger partial charge in [-0.15, -0.1) is 12.4 Å². The number of nitrogens with zero attached hydrogens (tertiary/aromatic N) is 2. The number of rotatable bonds is 4. The highest BCUT2D eigenvalue weighted by molar-refractivity contribution is 6.34. The summed E-state index contributed by atoms with van der Waals surface area (Å²) in [5, 5.41) is 1.17. The monoisotopic (exact) mass is 365 g/mol. The molecule has 2 rings (SSSR count). The van der Waals surface area contributed by atoms with Gasteiger partial charge in [-0.05, 0) is 36.6 Å². The summed E-state index contributed by atoms with van der Waals surface area (Å²) in [5.74, 6) is 0.0987. The number of amides is 1. The molecule has 1 amide bonds. The average Bonchev–Trinajstić information content (AvgIpc) is 2.40. The second-order valence-corrected chi connectivity index (χ2v) is 6.51. The van der Waals surface area contributed by atoms with E-state index in [9.17, 15) is 4.79 Å². The van der Waals surface area contributed by atoms with Crippen LogP contribution in [0.25, 0.3) is 0 Å². The molecule has 124 valence electrons. The van der Waals surface area contributed by atoms with Gasteiger partial charge < -0.3 is 10.6 Å². The van der Waals surface area contributed by atoms with E-state index < -0.39 is 0 Å². The molecule has 0 spiro atoms. The van der Waals surface area contributed by atoms with Crippen LogP contribution < -0.4 is 5.73 Å². The van der Waals surface area contributed by atoms with Crippen molar-refractivity contribution in [2.75, 3.05) is 26.7 Å². The molecular weight excluding hydrogens is 345 g/mol. The third-order valence-electron chi connectivity index (χ3n) is 3.76. The number of hydrogen-bond donors (Lipinski definition) is 1. The Bertz CT molecular complexity index is 485. The van der Waals surface area contributed by atoms with Gasteiger partial charge in [0.05, 0.1) is 6.54 Å². The minimum atomic E-state index is 0. The molecule has 1 aromatic carbocycles. The van der Waals surface area contributed by atoms with Crippen molar-refractivity contribution in [2.24, 2.45) is 5.73 Å². The van der Waals surface area contributed by atoms with Gasteiger partial charge in [-0.25, -0.2) is 0 Å². The van der Waals surface area contributed by atoms with Gasteiger partial charge in [0.2, 0.25) is 5.91 Å². The zero-order valence-electron chi connectivity index (χ0n) is 12.6. The van der Waals surface area contributed by atoms with E-state index in [1.54, 1.807) is 18.0 Å². The van der Waals surface area contributed by atoms with E-state index in [-0.39, 0.29) is 24.4 Å². The first-order chi connectivity index (χ1) is 9.94. The summed E-state index contributed by atoms with van der Waals surface area (Å²) in [6, 6.07) is 5.63. The minimum absolute atomic E-state index is 0. The minimum Gasteiger partial charge on any atom is -0.340 e. The molecule has 0 saturated carbocycles. The van der Waals surface area contributed by atoms with E-state index in [4.69, 9.17) is 28.9 Å². The molecule has 1 heterocycles. The topological polar surface area (TPSA) is 49.6 Å². The quantitative estimate of drug-likeness (QED) is 0.891. The third kappa shape index (κ3) is 5.94. The zero-order chi connectivity index (χ0) is 15.4. The molecule has 1 aliphatic rings. The van der Waals surface area contributed by atoms with Crippen LogP contribution in [0.2, 0.25) is 10.0 Å². The highest BCUT2D eigenvalue weighted by Gasteiger charge is 2.20. The predicted molar refractivity (Wildman–Crippen MR) is 93.8 cm³/mol. The van der Waals surface area contributed by atoms with Gasteiger partial charge in [0, 0.05) is 42.8 Å². The number of likely N-dealkylation sites (tertiary alicyclic amines) is 1. The van der Waals surface area contributed by atoms with Crippen LogP contribution in [-0.2, 0) is 11.3 Å². The lowest BCUT2D eigenvalue weighted by atomic mass is 10.1. The molecule has 0 aliphatic carbocycles. The summed E-state index contributed by atoms with van der Waals surface area (Å²) in [5.41, 5.74) is 6.81. The molecule has 7 heteroatoms. The first-order valence-electron chi connectivity index (χ1n) is 7.11. The fourth-order valence-corrected chi connectivity index (χ4v) is 3.06. The average molecular weight is 367 g/mol.